The molecule has 2 aromatic rings. The number of rotatable bonds is 3. The number of hydrogen-bond donors (Lipinski definition) is 0. The summed E-state index contributed by atoms with van der Waals surface area (Å²) in [6, 6.07) is 6.59. The molecule has 0 saturated carbocycles. The Kier molecular flexibility index (Phi) is 3.35. The first kappa shape index (κ1) is 12.1. The zero-order chi connectivity index (χ0) is 12.5. The second-order valence-electron chi connectivity index (χ2n) is 4.78. The van der Waals surface area contributed by atoms with Gasteiger partial charge in [0.2, 0.25) is 0 Å². The van der Waals surface area contributed by atoms with Crippen LogP contribution in [0.25, 0.3) is 5.65 Å². The highest BCUT2D eigenvalue weighted by Gasteiger charge is 2.24. The molecule has 5 heteroatoms. The first-order valence-electron chi connectivity index (χ1n) is 6.52. The van der Waals surface area contributed by atoms with Crippen LogP contribution in [0.1, 0.15) is 25.6 Å². The summed E-state index contributed by atoms with van der Waals surface area (Å²) in [5.41, 5.74) is 0.917. The molecule has 1 aliphatic rings. The summed E-state index contributed by atoms with van der Waals surface area (Å²) in [6.45, 7) is 4.58. The Labute approximate surface area is 115 Å². The number of pyridine rings is 1. The summed E-state index contributed by atoms with van der Waals surface area (Å²) >= 11 is 3.50. The van der Waals surface area contributed by atoms with Gasteiger partial charge in [0, 0.05) is 12.5 Å². The molecule has 0 bridgehead atoms. The van der Waals surface area contributed by atoms with Crippen LogP contribution in [0.5, 0.6) is 0 Å². The third-order valence-electron chi connectivity index (χ3n) is 3.68. The minimum atomic E-state index is 0.617. The molecular formula is C13H17BrN4. The molecule has 0 amide bonds. The highest BCUT2D eigenvalue weighted by molar-refractivity contribution is 9.10. The summed E-state index contributed by atoms with van der Waals surface area (Å²) in [5, 5.41) is 4.58. The van der Waals surface area contributed by atoms with E-state index in [1.807, 2.05) is 22.7 Å². The molecular weight excluding hydrogens is 292 g/mol. The van der Waals surface area contributed by atoms with Gasteiger partial charge in [-0.05, 0) is 54.0 Å². The first-order valence-corrected chi connectivity index (χ1v) is 7.31. The number of aromatic nitrogens is 3. The van der Waals surface area contributed by atoms with Gasteiger partial charge in [-0.15, -0.1) is 0 Å². The van der Waals surface area contributed by atoms with E-state index in [4.69, 9.17) is 0 Å². The van der Waals surface area contributed by atoms with Crippen LogP contribution in [-0.2, 0) is 6.42 Å². The standard InChI is InChI=1S/C13H17BrN4/c1-2-17-8-4-5-10(17)9-12-15-13-7-3-6-11(14)18(13)16-12/h3,6-7,10H,2,4-5,8-9H2,1H3. The van der Waals surface area contributed by atoms with Gasteiger partial charge in [-0.25, -0.2) is 9.50 Å². The molecule has 0 aliphatic carbocycles. The monoisotopic (exact) mass is 308 g/mol. The van der Waals surface area contributed by atoms with Crippen molar-refractivity contribution in [3.63, 3.8) is 0 Å². The SMILES string of the molecule is CCN1CCCC1Cc1nc2cccc(Br)n2n1. The molecule has 1 saturated heterocycles. The van der Waals surface area contributed by atoms with E-state index < -0.39 is 0 Å². The van der Waals surface area contributed by atoms with E-state index in [0.29, 0.717) is 6.04 Å². The lowest BCUT2D eigenvalue weighted by atomic mass is 10.1. The molecule has 0 aromatic carbocycles. The van der Waals surface area contributed by atoms with Gasteiger partial charge in [0.15, 0.2) is 11.5 Å². The number of hydrogen-bond acceptors (Lipinski definition) is 3. The average Bonchev–Trinajstić information content (AvgIpc) is 2.96. The van der Waals surface area contributed by atoms with E-state index >= 15 is 0 Å². The predicted octanol–water partition coefficient (Wildman–Crippen LogP) is 2.52. The van der Waals surface area contributed by atoms with E-state index in [-0.39, 0.29) is 0 Å². The van der Waals surface area contributed by atoms with Gasteiger partial charge in [-0.1, -0.05) is 13.0 Å². The Bertz CT molecular complexity index is 551. The Hall–Kier alpha value is -0.940. The molecule has 96 valence electrons. The predicted molar refractivity (Wildman–Crippen MR) is 74.7 cm³/mol. The number of fused-ring (bicyclic) bond motifs is 1. The van der Waals surface area contributed by atoms with Crippen molar-refractivity contribution < 1.29 is 0 Å². The Morgan fingerprint density at radius 3 is 3.11 bits per heavy atom. The molecule has 3 rings (SSSR count). The second-order valence-corrected chi connectivity index (χ2v) is 5.59. The van der Waals surface area contributed by atoms with Crippen molar-refractivity contribution in [3.8, 4) is 0 Å². The highest BCUT2D eigenvalue weighted by atomic mass is 79.9. The van der Waals surface area contributed by atoms with Crippen LogP contribution in [0.4, 0.5) is 0 Å². The quantitative estimate of drug-likeness (QED) is 0.817. The van der Waals surface area contributed by atoms with Crippen molar-refractivity contribution in [2.24, 2.45) is 0 Å². The topological polar surface area (TPSA) is 33.4 Å². The molecule has 1 unspecified atom stereocenters. The van der Waals surface area contributed by atoms with Crippen LogP contribution in [-0.4, -0.2) is 38.6 Å². The first-order chi connectivity index (χ1) is 8.78. The van der Waals surface area contributed by atoms with Crippen molar-refractivity contribution in [3.05, 3.63) is 28.6 Å². The summed E-state index contributed by atoms with van der Waals surface area (Å²) in [7, 11) is 0. The smallest absolute Gasteiger partial charge is 0.156 e. The lowest BCUT2D eigenvalue weighted by Gasteiger charge is -2.21. The summed E-state index contributed by atoms with van der Waals surface area (Å²) in [5.74, 6) is 0.951. The molecule has 3 heterocycles. The molecule has 1 fully saturated rings. The highest BCUT2D eigenvalue weighted by Crippen LogP contribution is 2.20. The molecule has 1 atom stereocenters. The Balaban J connectivity index is 1.84. The third-order valence-corrected chi connectivity index (χ3v) is 4.28. The van der Waals surface area contributed by atoms with Crippen LogP contribution in [0.3, 0.4) is 0 Å². The van der Waals surface area contributed by atoms with E-state index in [2.05, 4.69) is 37.8 Å². The summed E-state index contributed by atoms with van der Waals surface area (Å²) in [4.78, 5) is 7.13. The lowest BCUT2D eigenvalue weighted by Crippen LogP contribution is -2.31. The van der Waals surface area contributed by atoms with Gasteiger partial charge >= 0.3 is 0 Å². The largest absolute Gasteiger partial charge is 0.300 e. The molecule has 0 spiro atoms. The van der Waals surface area contributed by atoms with Crippen LogP contribution in [0.2, 0.25) is 0 Å². The van der Waals surface area contributed by atoms with Gasteiger partial charge in [0.1, 0.15) is 4.60 Å². The van der Waals surface area contributed by atoms with Gasteiger partial charge < -0.3 is 4.90 Å². The molecule has 1 aliphatic heterocycles. The van der Waals surface area contributed by atoms with Crippen LogP contribution in [0.15, 0.2) is 22.8 Å². The Morgan fingerprint density at radius 2 is 2.33 bits per heavy atom. The van der Waals surface area contributed by atoms with Gasteiger partial charge in [-0.3, -0.25) is 0 Å². The molecule has 4 nitrogen and oxygen atoms in total. The summed E-state index contributed by atoms with van der Waals surface area (Å²) in [6.07, 6.45) is 3.53. The van der Waals surface area contributed by atoms with Crippen molar-refractivity contribution in [2.45, 2.75) is 32.2 Å². The minimum Gasteiger partial charge on any atom is -0.300 e. The fourth-order valence-electron chi connectivity index (χ4n) is 2.76. The maximum absolute atomic E-state index is 4.60. The van der Waals surface area contributed by atoms with Gasteiger partial charge in [0.25, 0.3) is 0 Å². The second kappa shape index (κ2) is 4.97. The van der Waals surface area contributed by atoms with E-state index in [0.717, 1.165) is 29.0 Å². The van der Waals surface area contributed by atoms with Crippen molar-refractivity contribution in [1.82, 2.24) is 19.5 Å². The average molecular weight is 309 g/mol. The van der Waals surface area contributed by atoms with Crippen LogP contribution < -0.4 is 0 Å². The molecule has 2 aromatic heterocycles. The van der Waals surface area contributed by atoms with Gasteiger partial charge in [0.05, 0.1) is 0 Å². The van der Waals surface area contributed by atoms with E-state index in [1.54, 1.807) is 0 Å². The zero-order valence-electron chi connectivity index (χ0n) is 10.5. The zero-order valence-corrected chi connectivity index (χ0v) is 12.1. The fourth-order valence-corrected chi connectivity index (χ4v) is 3.17. The Morgan fingerprint density at radius 1 is 1.44 bits per heavy atom. The molecule has 0 radical (unpaired) electrons. The number of nitrogens with zero attached hydrogens (tertiary/aromatic N) is 4. The normalized spacial score (nSPS) is 20.9. The van der Waals surface area contributed by atoms with Crippen LogP contribution in [0, 0.1) is 0 Å². The van der Waals surface area contributed by atoms with Crippen molar-refractivity contribution in [1.29, 1.82) is 0 Å². The van der Waals surface area contributed by atoms with Crippen molar-refractivity contribution >= 4 is 21.6 Å². The van der Waals surface area contributed by atoms with E-state index in [1.165, 1.54) is 19.4 Å². The van der Waals surface area contributed by atoms with Crippen molar-refractivity contribution in [2.75, 3.05) is 13.1 Å². The maximum Gasteiger partial charge on any atom is 0.156 e. The number of halogens is 1. The van der Waals surface area contributed by atoms with Gasteiger partial charge in [-0.2, -0.15) is 5.10 Å². The molecule has 0 N–H and O–H groups in total. The third kappa shape index (κ3) is 2.17. The number of likely N-dealkylation sites (N-methyl/N-ethyl adjacent to an activating group) is 1. The fraction of sp³-hybridized carbons (Fsp3) is 0.538. The lowest BCUT2D eigenvalue weighted by molar-refractivity contribution is 0.263. The van der Waals surface area contributed by atoms with Crippen LogP contribution >= 0.6 is 15.9 Å². The molecule has 18 heavy (non-hydrogen) atoms. The van der Waals surface area contributed by atoms with E-state index in [9.17, 15) is 0 Å². The summed E-state index contributed by atoms with van der Waals surface area (Å²) < 4.78 is 2.82. The number of likely N-dealkylation sites (tertiary alicyclic amines) is 1. The maximum atomic E-state index is 4.60. The minimum absolute atomic E-state index is 0.617.